The monoisotopic (exact) mass is 576 g/mol. The van der Waals surface area contributed by atoms with Gasteiger partial charge >= 0.3 is 146 Å². The van der Waals surface area contributed by atoms with Gasteiger partial charge in [-0.15, -0.1) is 0 Å². The first kappa shape index (κ1) is 28.6. The summed E-state index contributed by atoms with van der Waals surface area (Å²) < 4.78 is 91.8. The van der Waals surface area contributed by atoms with Crippen molar-refractivity contribution in [2.75, 3.05) is 13.2 Å². The molecule has 0 unspecified atom stereocenters. The van der Waals surface area contributed by atoms with Gasteiger partial charge in [0.25, 0.3) is 0 Å². The van der Waals surface area contributed by atoms with Crippen molar-refractivity contribution in [2.24, 2.45) is 0 Å². The van der Waals surface area contributed by atoms with Crippen LogP contribution < -0.4 is 18.4 Å². The smallest absolute Gasteiger partial charge is 0.418 e. The summed E-state index contributed by atoms with van der Waals surface area (Å²) in [6, 6.07) is 17.0. The molecule has 0 saturated carbocycles. The predicted octanol–water partition coefficient (Wildman–Crippen LogP) is 4.36. The van der Waals surface area contributed by atoms with Crippen LogP contribution in [0.25, 0.3) is 0 Å². The van der Waals surface area contributed by atoms with Gasteiger partial charge in [-0.05, 0) is 0 Å². The molecule has 0 N–H and O–H groups in total. The van der Waals surface area contributed by atoms with E-state index in [1.54, 1.807) is 0 Å². The fourth-order valence-electron chi connectivity index (χ4n) is 1.61. The van der Waals surface area contributed by atoms with Gasteiger partial charge in [-0.25, -0.2) is 0 Å². The molecular weight excluding hydrogens is 556 g/mol. The minimum atomic E-state index is -6.00. The zero-order chi connectivity index (χ0) is 23.2. The molecule has 0 spiro atoms. The third-order valence-electron chi connectivity index (χ3n) is 2.50. The molecule has 2 aromatic rings. The maximum atomic E-state index is 9.75. The average molecular weight is 574 g/mol. The minimum Gasteiger partial charge on any atom is -0.418 e. The Labute approximate surface area is 180 Å². The average Bonchev–Trinajstić information content (AvgIpc) is 2.60. The topological polar surface area (TPSA) is 18.5 Å². The first-order chi connectivity index (χ1) is 13.8. The van der Waals surface area contributed by atoms with Crippen molar-refractivity contribution in [1.82, 2.24) is 0 Å². The van der Waals surface area contributed by atoms with E-state index < -0.39 is 14.5 Å². The van der Waals surface area contributed by atoms with E-state index in [0.29, 0.717) is 26.3 Å². The van der Waals surface area contributed by atoms with Gasteiger partial charge in [-0.2, -0.15) is 0 Å². The van der Waals surface area contributed by atoms with Gasteiger partial charge < -0.3 is 34.5 Å². The third kappa shape index (κ3) is 19.9. The Morgan fingerprint density at radius 2 is 0.800 bits per heavy atom. The second kappa shape index (κ2) is 14.6. The molecule has 0 heterocycles. The van der Waals surface area contributed by atoms with E-state index in [0.717, 1.165) is 24.7 Å². The summed E-state index contributed by atoms with van der Waals surface area (Å²) in [6.45, 7) is 5.46. The molecule has 0 aromatic heterocycles. The minimum absolute atomic E-state index is 0.519. The van der Waals surface area contributed by atoms with Gasteiger partial charge in [0.15, 0.2) is 0 Å². The van der Waals surface area contributed by atoms with Crippen LogP contribution in [0.4, 0.5) is 34.5 Å². The normalized spacial score (nSPS) is 10.9. The third-order valence-corrected chi connectivity index (χ3v) is 9.73. The van der Waals surface area contributed by atoms with E-state index in [2.05, 4.69) is 48.5 Å². The maximum absolute atomic E-state index is 9.75. The van der Waals surface area contributed by atoms with Crippen LogP contribution >= 0.6 is 0 Å². The van der Waals surface area contributed by atoms with Crippen molar-refractivity contribution in [2.45, 2.75) is 13.8 Å². The molecule has 170 valence electrons. The standard InChI is InChI=1S/C16H18O2Se2.2BF4/c1-3-17-13-5-9-15(10-6-13)19-20-16-11-7-14(8-12-16)18-4-2;2*2-1(3,4)5/h5-12H,3-4H2,1-2H3;;/q;2*-1. The van der Waals surface area contributed by atoms with Crippen molar-refractivity contribution < 1.29 is 44.0 Å². The number of halogens is 8. The molecule has 0 aliphatic rings. The number of hydrogen-bond donors (Lipinski definition) is 0. The second-order valence-electron chi connectivity index (χ2n) is 4.97. The molecule has 2 aromatic carbocycles. The first-order valence-corrected chi connectivity index (χ1v) is 14.4. The molecule has 14 heteroatoms. The van der Waals surface area contributed by atoms with Crippen molar-refractivity contribution in [3.63, 3.8) is 0 Å². The van der Waals surface area contributed by atoms with E-state index >= 15 is 0 Å². The fraction of sp³-hybridized carbons (Fsp3) is 0.250. The molecule has 30 heavy (non-hydrogen) atoms. The van der Waals surface area contributed by atoms with Crippen LogP contribution in [0, 0.1) is 0 Å². The van der Waals surface area contributed by atoms with Crippen molar-refractivity contribution >= 4 is 49.7 Å². The van der Waals surface area contributed by atoms with E-state index in [9.17, 15) is 34.5 Å². The zero-order valence-electron chi connectivity index (χ0n) is 15.8. The molecule has 0 atom stereocenters. The molecule has 0 fully saturated rings. The first-order valence-electron chi connectivity index (χ1n) is 8.36. The summed E-state index contributed by atoms with van der Waals surface area (Å²) in [7, 11) is -12.0. The molecule has 0 aliphatic carbocycles. The van der Waals surface area contributed by atoms with Crippen molar-refractivity contribution in [3.8, 4) is 11.5 Å². The Hall–Kier alpha value is -1.35. The van der Waals surface area contributed by atoms with Crippen LogP contribution in [0.5, 0.6) is 11.5 Å². The summed E-state index contributed by atoms with van der Waals surface area (Å²) >= 11 is 1.04. The number of benzene rings is 2. The van der Waals surface area contributed by atoms with Crippen LogP contribution in [-0.4, -0.2) is 54.0 Å². The molecular formula is C16H18B2F8O2Se2-2. The zero-order valence-corrected chi connectivity index (χ0v) is 19.3. The fourth-order valence-corrected chi connectivity index (χ4v) is 7.57. The van der Waals surface area contributed by atoms with Crippen molar-refractivity contribution in [1.29, 1.82) is 0 Å². The van der Waals surface area contributed by atoms with Crippen molar-refractivity contribution in [3.05, 3.63) is 48.5 Å². The molecule has 0 bridgehead atoms. The quantitative estimate of drug-likeness (QED) is 0.362. The molecule has 2 nitrogen and oxygen atoms in total. The van der Waals surface area contributed by atoms with Gasteiger partial charge in [0, 0.05) is 0 Å². The largest absolute Gasteiger partial charge is 0.673 e. The molecule has 2 rings (SSSR count). The van der Waals surface area contributed by atoms with E-state index in [1.165, 1.54) is 8.92 Å². The summed E-state index contributed by atoms with van der Waals surface area (Å²) in [5.74, 6) is 1.92. The van der Waals surface area contributed by atoms with E-state index in [4.69, 9.17) is 9.47 Å². The van der Waals surface area contributed by atoms with Crippen LogP contribution in [0.15, 0.2) is 48.5 Å². The summed E-state index contributed by atoms with van der Waals surface area (Å²) in [4.78, 5) is 0. The van der Waals surface area contributed by atoms with E-state index in [1.807, 2.05) is 13.8 Å². The number of hydrogen-bond acceptors (Lipinski definition) is 2. The maximum Gasteiger partial charge on any atom is 0.673 e. The Kier molecular flexibility index (Phi) is 14.0. The second-order valence-corrected chi connectivity index (χ2v) is 11.3. The van der Waals surface area contributed by atoms with Gasteiger partial charge in [0.1, 0.15) is 0 Å². The van der Waals surface area contributed by atoms with Gasteiger partial charge in [-0.3, -0.25) is 0 Å². The Bertz CT molecular complexity index is 625. The Balaban J connectivity index is 0.000000702. The molecule has 0 aliphatic heterocycles. The summed E-state index contributed by atoms with van der Waals surface area (Å²) in [5.41, 5.74) is 0. The van der Waals surface area contributed by atoms with E-state index in [-0.39, 0.29) is 0 Å². The van der Waals surface area contributed by atoms with Crippen LogP contribution in [0.1, 0.15) is 13.8 Å². The van der Waals surface area contributed by atoms with Gasteiger partial charge in [-0.1, -0.05) is 0 Å². The Morgan fingerprint density at radius 1 is 0.567 bits per heavy atom. The number of rotatable bonds is 7. The van der Waals surface area contributed by atoms with Crippen LogP contribution in [-0.2, 0) is 0 Å². The molecule has 0 amide bonds. The van der Waals surface area contributed by atoms with Crippen LogP contribution in [0.3, 0.4) is 0 Å². The predicted molar refractivity (Wildman–Crippen MR) is 106 cm³/mol. The molecule has 0 saturated heterocycles. The summed E-state index contributed by atoms with van der Waals surface area (Å²) in [5, 5.41) is 0. The van der Waals surface area contributed by atoms with Gasteiger partial charge in [0.05, 0.1) is 0 Å². The Morgan fingerprint density at radius 3 is 1.00 bits per heavy atom. The van der Waals surface area contributed by atoms with Crippen LogP contribution in [0.2, 0.25) is 0 Å². The molecule has 0 radical (unpaired) electrons. The SMILES string of the molecule is CCOc1ccc([Se][Se]c2ccc(OCC)cc2)cc1.F[B-](F)(F)F.F[B-](F)(F)F. The van der Waals surface area contributed by atoms with Gasteiger partial charge in [0.2, 0.25) is 0 Å². The number of ether oxygens (including phenoxy) is 2. The summed E-state index contributed by atoms with van der Waals surface area (Å²) in [6.07, 6.45) is 0.